The zero-order valence-electron chi connectivity index (χ0n) is 12.0. The van der Waals surface area contributed by atoms with Gasteiger partial charge in [-0.15, -0.1) is 0 Å². The second-order valence-corrected chi connectivity index (χ2v) is 5.28. The van der Waals surface area contributed by atoms with Crippen molar-refractivity contribution in [3.63, 3.8) is 0 Å². The highest BCUT2D eigenvalue weighted by molar-refractivity contribution is 5.40. The molecule has 3 heteroatoms. The largest absolute Gasteiger partial charge is 0.493 e. The summed E-state index contributed by atoms with van der Waals surface area (Å²) in [6, 6.07) is 6.77. The van der Waals surface area contributed by atoms with E-state index in [1.165, 1.54) is 11.1 Å². The maximum Gasteiger partial charge on any atom is 0.122 e. The summed E-state index contributed by atoms with van der Waals surface area (Å²) in [6.45, 7) is 5.74. The zero-order valence-corrected chi connectivity index (χ0v) is 12.0. The van der Waals surface area contributed by atoms with Crippen LogP contribution in [0.15, 0.2) is 18.2 Å². The van der Waals surface area contributed by atoms with Crippen molar-refractivity contribution in [2.75, 3.05) is 13.2 Å². The number of hydrogen-bond donors (Lipinski definition) is 2. The summed E-state index contributed by atoms with van der Waals surface area (Å²) in [5.74, 6) is 1.03. The van der Waals surface area contributed by atoms with Crippen LogP contribution in [0.25, 0.3) is 0 Å². The molecule has 2 unspecified atom stereocenters. The number of hydrogen-bond acceptors (Lipinski definition) is 3. The Bertz CT molecular complexity index is 406. The summed E-state index contributed by atoms with van der Waals surface area (Å²) in [5.41, 5.74) is 2.61. The van der Waals surface area contributed by atoms with Gasteiger partial charge in [-0.25, -0.2) is 0 Å². The molecule has 0 fully saturated rings. The molecule has 1 aromatic carbocycles. The van der Waals surface area contributed by atoms with Gasteiger partial charge in [0.25, 0.3) is 0 Å². The molecule has 1 heterocycles. The maximum atomic E-state index is 9.81. The van der Waals surface area contributed by atoms with Crippen LogP contribution in [0.4, 0.5) is 0 Å². The summed E-state index contributed by atoms with van der Waals surface area (Å²) >= 11 is 0. The number of fused-ring (bicyclic) bond motifs is 1. The molecule has 19 heavy (non-hydrogen) atoms. The van der Waals surface area contributed by atoms with E-state index in [9.17, 15) is 5.11 Å². The normalized spacial score (nSPS) is 16.8. The van der Waals surface area contributed by atoms with Gasteiger partial charge in [-0.3, -0.25) is 0 Å². The molecular formula is C16H25NO2. The summed E-state index contributed by atoms with van der Waals surface area (Å²) in [4.78, 5) is 0. The summed E-state index contributed by atoms with van der Waals surface area (Å²) < 4.78 is 5.54. The van der Waals surface area contributed by atoms with Crippen LogP contribution in [0.2, 0.25) is 0 Å². The molecule has 2 rings (SSSR count). The van der Waals surface area contributed by atoms with Gasteiger partial charge in [0, 0.05) is 19.0 Å². The highest BCUT2D eigenvalue weighted by atomic mass is 16.5. The summed E-state index contributed by atoms with van der Waals surface area (Å²) in [5, 5.41) is 13.3. The number of nitrogens with one attached hydrogen (secondary N) is 1. The van der Waals surface area contributed by atoms with Gasteiger partial charge in [-0.05, 0) is 30.0 Å². The molecule has 0 amide bonds. The van der Waals surface area contributed by atoms with E-state index in [1.807, 2.05) is 0 Å². The Morgan fingerprint density at radius 3 is 2.95 bits per heavy atom. The zero-order chi connectivity index (χ0) is 13.7. The quantitative estimate of drug-likeness (QED) is 0.795. The molecule has 1 aliphatic rings. The van der Waals surface area contributed by atoms with E-state index >= 15 is 0 Å². The average Bonchev–Trinajstić information content (AvgIpc) is 2.87. The molecule has 106 valence electrons. The predicted octanol–water partition coefficient (Wildman–Crippen LogP) is 2.82. The summed E-state index contributed by atoms with van der Waals surface area (Å²) in [7, 11) is 0. The molecule has 0 spiro atoms. The van der Waals surface area contributed by atoms with Crippen molar-refractivity contribution < 1.29 is 9.84 Å². The Morgan fingerprint density at radius 1 is 1.37 bits per heavy atom. The molecular weight excluding hydrogens is 238 g/mol. The van der Waals surface area contributed by atoms with E-state index in [2.05, 4.69) is 37.4 Å². The highest BCUT2D eigenvalue weighted by Gasteiger charge is 2.16. The van der Waals surface area contributed by atoms with Gasteiger partial charge in [0.15, 0.2) is 0 Å². The van der Waals surface area contributed by atoms with Crippen LogP contribution in [0.3, 0.4) is 0 Å². The first-order chi connectivity index (χ1) is 9.24. The third kappa shape index (κ3) is 3.71. The first-order valence-electron chi connectivity index (χ1n) is 7.41. The van der Waals surface area contributed by atoms with E-state index in [0.29, 0.717) is 12.6 Å². The van der Waals surface area contributed by atoms with Crippen LogP contribution >= 0.6 is 0 Å². The van der Waals surface area contributed by atoms with E-state index in [1.54, 1.807) is 0 Å². The number of benzene rings is 1. The lowest BCUT2D eigenvalue weighted by Gasteiger charge is -2.20. The van der Waals surface area contributed by atoms with Crippen molar-refractivity contribution >= 4 is 0 Å². The Balaban J connectivity index is 1.97. The highest BCUT2D eigenvalue weighted by Crippen LogP contribution is 2.29. The molecule has 0 saturated heterocycles. The SMILES string of the molecule is CCCC(O)CNC(CC)c1ccc2c(c1)CCO2. The van der Waals surface area contributed by atoms with Gasteiger partial charge < -0.3 is 15.2 Å². The predicted molar refractivity (Wildman–Crippen MR) is 77.6 cm³/mol. The Kier molecular flexibility index (Phi) is 5.23. The first-order valence-corrected chi connectivity index (χ1v) is 7.41. The van der Waals surface area contributed by atoms with Gasteiger partial charge in [-0.1, -0.05) is 32.4 Å². The maximum absolute atomic E-state index is 9.81. The number of aliphatic hydroxyl groups is 1. The minimum Gasteiger partial charge on any atom is -0.493 e. The molecule has 1 aliphatic heterocycles. The Labute approximate surface area is 116 Å². The molecule has 0 saturated carbocycles. The number of ether oxygens (including phenoxy) is 1. The fourth-order valence-electron chi connectivity index (χ4n) is 2.63. The lowest BCUT2D eigenvalue weighted by atomic mass is 10.0. The lowest BCUT2D eigenvalue weighted by Crippen LogP contribution is -2.30. The Morgan fingerprint density at radius 2 is 2.21 bits per heavy atom. The third-order valence-electron chi connectivity index (χ3n) is 3.75. The monoisotopic (exact) mass is 263 g/mol. The van der Waals surface area contributed by atoms with Crippen molar-refractivity contribution in [1.29, 1.82) is 0 Å². The molecule has 0 aromatic heterocycles. The van der Waals surface area contributed by atoms with Crippen LogP contribution in [0.5, 0.6) is 5.75 Å². The number of rotatable bonds is 7. The lowest BCUT2D eigenvalue weighted by molar-refractivity contribution is 0.156. The third-order valence-corrected chi connectivity index (χ3v) is 3.75. The van der Waals surface area contributed by atoms with Crippen molar-refractivity contribution in [3.8, 4) is 5.75 Å². The second kappa shape index (κ2) is 6.92. The van der Waals surface area contributed by atoms with E-state index < -0.39 is 0 Å². The average molecular weight is 263 g/mol. The molecule has 0 radical (unpaired) electrons. The van der Waals surface area contributed by atoms with Gasteiger partial charge in [-0.2, -0.15) is 0 Å². The van der Waals surface area contributed by atoms with Crippen molar-refractivity contribution in [2.24, 2.45) is 0 Å². The fraction of sp³-hybridized carbons (Fsp3) is 0.625. The fourth-order valence-corrected chi connectivity index (χ4v) is 2.63. The van der Waals surface area contributed by atoms with Crippen molar-refractivity contribution in [2.45, 2.75) is 51.7 Å². The smallest absolute Gasteiger partial charge is 0.122 e. The molecule has 1 aromatic rings. The van der Waals surface area contributed by atoms with E-state index in [0.717, 1.165) is 38.0 Å². The van der Waals surface area contributed by atoms with Crippen molar-refractivity contribution in [3.05, 3.63) is 29.3 Å². The molecule has 2 atom stereocenters. The van der Waals surface area contributed by atoms with E-state index in [4.69, 9.17) is 4.74 Å². The van der Waals surface area contributed by atoms with Crippen molar-refractivity contribution in [1.82, 2.24) is 5.32 Å². The number of aliphatic hydroxyl groups excluding tert-OH is 1. The van der Waals surface area contributed by atoms with Gasteiger partial charge >= 0.3 is 0 Å². The van der Waals surface area contributed by atoms with Gasteiger partial charge in [0.2, 0.25) is 0 Å². The van der Waals surface area contributed by atoms with Crippen LogP contribution in [-0.4, -0.2) is 24.4 Å². The molecule has 2 N–H and O–H groups in total. The van der Waals surface area contributed by atoms with Gasteiger partial charge in [0.05, 0.1) is 12.7 Å². The summed E-state index contributed by atoms with van der Waals surface area (Å²) in [6.07, 6.45) is 3.69. The molecule has 0 aliphatic carbocycles. The van der Waals surface area contributed by atoms with Crippen LogP contribution < -0.4 is 10.1 Å². The van der Waals surface area contributed by atoms with Crippen LogP contribution in [0.1, 0.15) is 50.3 Å². The first kappa shape index (κ1) is 14.4. The topological polar surface area (TPSA) is 41.5 Å². The second-order valence-electron chi connectivity index (χ2n) is 5.28. The van der Waals surface area contributed by atoms with Crippen LogP contribution in [-0.2, 0) is 6.42 Å². The molecule has 0 bridgehead atoms. The minimum absolute atomic E-state index is 0.239. The van der Waals surface area contributed by atoms with E-state index in [-0.39, 0.29) is 6.10 Å². The Hall–Kier alpha value is -1.06. The minimum atomic E-state index is -0.239. The van der Waals surface area contributed by atoms with Crippen LogP contribution in [0, 0.1) is 0 Å². The van der Waals surface area contributed by atoms with Gasteiger partial charge in [0.1, 0.15) is 5.75 Å². The molecule has 3 nitrogen and oxygen atoms in total. The standard InChI is InChI=1S/C16H25NO2/c1-3-5-14(18)11-17-15(4-2)12-6-7-16-13(10-12)8-9-19-16/h6-7,10,14-15,17-18H,3-5,8-9,11H2,1-2H3.